The van der Waals surface area contributed by atoms with Crippen molar-refractivity contribution in [2.24, 2.45) is 23.7 Å². The number of halogens is 2. The summed E-state index contributed by atoms with van der Waals surface area (Å²) >= 11 is 9.56. The molecule has 25 nitrogen and oxygen atoms in total. The van der Waals surface area contributed by atoms with Crippen LogP contribution in [-0.4, -0.2) is 157 Å². The maximum Gasteiger partial charge on any atom is 0.494 e. The second-order valence-corrected chi connectivity index (χ2v) is 32.9. The Bertz CT molecular complexity index is 4990. The van der Waals surface area contributed by atoms with Crippen molar-refractivity contribution in [3.63, 3.8) is 0 Å². The van der Waals surface area contributed by atoms with E-state index in [0.717, 1.165) is 148 Å². The number of benzene rings is 6. The minimum Gasteiger partial charge on any atom is -0.488 e. The number of carbonyl (C=O) groups is 6. The van der Waals surface area contributed by atoms with Crippen LogP contribution in [0.1, 0.15) is 212 Å². The van der Waals surface area contributed by atoms with Gasteiger partial charge >= 0.3 is 25.4 Å². The van der Waals surface area contributed by atoms with Gasteiger partial charge in [-0.05, 0) is 200 Å². The van der Waals surface area contributed by atoms with E-state index in [1.54, 1.807) is 11.1 Å². The summed E-state index contributed by atoms with van der Waals surface area (Å²) in [6.07, 6.45) is 3.95. The van der Waals surface area contributed by atoms with Crippen molar-refractivity contribution in [2.45, 2.75) is 238 Å². The molecule has 0 spiro atoms. The number of rotatable bonds is 13. The number of amides is 6. The zero-order chi connectivity index (χ0) is 80.0. The fraction of sp³-hybridized carbons (Fsp3) is 0.506. The van der Waals surface area contributed by atoms with Gasteiger partial charge in [-0.2, -0.15) is 0 Å². The van der Waals surface area contributed by atoms with E-state index in [2.05, 4.69) is 146 Å². The monoisotopic (exact) mass is 1660 g/mol. The van der Waals surface area contributed by atoms with Gasteiger partial charge in [-0.3, -0.25) is 14.4 Å². The molecule has 0 unspecified atom stereocenters. The molecule has 0 aliphatic carbocycles. The number of aromatic amines is 3. The summed E-state index contributed by atoms with van der Waals surface area (Å²) in [5, 5.41) is 12.9. The highest BCUT2D eigenvalue weighted by atomic mass is 79.9. The van der Waals surface area contributed by atoms with Gasteiger partial charge in [0.2, 0.25) is 17.7 Å². The van der Waals surface area contributed by atoms with Gasteiger partial charge < -0.3 is 78.6 Å². The van der Waals surface area contributed by atoms with Gasteiger partial charge in [0, 0.05) is 45.6 Å². The third kappa shape index (κ3) is 18.4. The van der Waals surface area contributed by atoms with Crippen LogP contribution in [0.15, 0.2) is 95.7 Å². The lowest BCUT2D eigenvalue weighted by Crippen LogP contribution is -2.52. The van der Waals surface area contributed by atoms with Crippen LogP contribution in [0.25, 0.3) is 65.9 Å². The van der Waals surface area contributed by atoms with E-state index in [4.69, 9.17) is 49.8 Å². The number of alkyl carbamates (subject to hydrolysis) is 3. The van der Waals surface area contributed by atoms with E-state index in [1.807, 2.05) is 109 Å². The zero-order valence-electron chi connectivity index (χ0n) is 66.6. The number of imidazole rings is 3. The first-order valence-electron chi connectivity index (χ1n) is 38.5. The Kier molecular flexibility index (Phi) is 29.5. The highest BCUT2D eigenvalue weighted by Gasteiger charge is 2.52. The molecule has 9 heterocycles. The molecule has 6 aliphatic rings. The minimum atomic E-state index is -0.699. The Labute approximate surface area is 691 Å². The van der Waals surface area contributed by atoms with Crippen molar-refractivity contribution in [1.29, 1.82) is 0 Å². The summed E-state index contributed by atoms with van der Waals surface area (Å²) in [4.78, 5) is 106. The van der Waals surface area contributed by atoms with Crippen LogP contribution in [-0.2, 0) is 51.1 Å². The molecule has 0 radical (unpaired) electrons. The van der Waals surface area contributed by atoms with Gasteiger partial charge in [0.1, 0.15) is 64.9 Å². The Hall–Kier alpha value is -9.44. The molecule has 15 rings (SSSR count). The average Bonchev–Trinajstić information content (AvgIpc) is 1.70. The number of nitrogens with zero attached hydrogens (tertiary/aromatic N) is 6. The number of fused-ring (bicyclic) bond motifs is 12. The van der Waals surface area contributed by atoms with Gasteiger partial charge in [0.15, 0.2) is 0 Å². The number of methoxy groups -OCH3 is 3. The molecule has 9 atom stereocenters. The van der Waals surface area contributed by atoms with Crippen molar-refractivity contribution >= 4 is 120 Å². The summed E-state index contributed by atoms with van der Waals surface area (Å²) in [6.45, 7) is 31.5. The number of hydrogen-bond donors (Lipinski definition) is 6. The van der Waals surface area contributed by atoms with E-state index in [-0.39, 0.29) is 95.4 Å². The summed E-state index contributed by atoms with van der Waals surface area (Å²) in [6, 6.07) is 26.4. The standard InChI is InChI=1S/C36H43BN4O6.C30H31ClN4O4.C15H23BrN4O3.C2H6.4CH4/c1-19(2)30(40-34(43)44-8)33(42)41-20(3)9-14-28(41)32-38-27-13-10-21-16-26-24-12-11-23(37-46-35(4,5)36(6,7)47-37)15-22(24)18-45-29(26)17-25(21)31(27)39-32;1-15(2)26(34-30(37)38-4)29(36)35-16(3)5-10-24(35)28-32-23-9-6-17-12-22-20-8-7-19(31)11-18(20)14-39-25(22)13-21(17)27(23)33-28;1-8(2)12(19-15(22)23-4)14(21)20-7-9(3)5-10(20)13-17-6-11(16)18-13;1-2;;;;/h10-13,15-17,19-20,28,30H,9,14,18H2,1-8H3,(H,38,39)(H,40,43);6-9,11-13,15-16,24,26H,5,10,14H2,1-4H3,(H,32,33)(H,34,37);6,8-10,12H,5,7H2,1-4H3,(H,17,18)(H,19,22);1-2H3;4*1H4/t20-,28-,30-;16-,24-,26-;9-,10-,12-;;;;;/m000...../s1. The highest BCUT2D eigenvalue weighted by Crippen LogP contribution is 2.47. The van der Waals surface area contributed by atoms with E-state index in [1.165, 1.54) is 21.3 Å². The van der Waals surface area contributed by atoms with Crippen LogP contribution < -0.4 is 30.9 Å². The molecule has 4 saturated heterocycles. The topological polar surface area (TPSA) is 299 Å². The number of H-pyrrole nitrogens is 3. The lowest BCUT2D eigenvalue weighted by atomic mass is 9.77. The van der Waals surface area contributed by atoms with E-state index < -0.39 is 54.7 Å². The van der Waals surface area contributed by atoms with Crippen LogP contribution in [0.2, 0.25) is 5.02 Å². The molecule has 6 aliphatic heterocycles. The van der Waals surface area contributed by atoms with E-state index in [9.17, 15) is 28.8 Å². The molecule has 0 bridgehead atoms. The van der Waals surface area contributed by atoms with Crippen LogP contribution in [0.3, 0.4) is 0 Å². The van der Waals surface area contributed by atoms with Crippen LogP contribution in [0, 0.1) is 23.7 Å². The van der Waals surface area contributed by atoms with Gasteiger partial charge in [-0.25, -0.2) is 29.3 Å². The lowest BCUT2D eigenvalue weighted by molar-refractivity contribution is -0.138. The molecular weight excluding hydrogens is 1550 g/mol. The maximum absolute atomic E-state index is 13.9. The Balaban J connectivity index is 0.000000221. The fourth-order valence-corrected chi connectivity index (χ4v) is 16.4. The molecular formula is C87H119BBrClN12O13. The van der Waals surface area contributed by atoms with Crippen molar-refractivity contribution in [3.8, 4) is 33.8 Å². The Morgan fingerprint density at radius 3 is 1.39 bits per heavy atom. The summed E-state index contributed by atoms with van der Waals surface area (Å²) in [7, 11) is 3.46. The van der Waals surface area contributed by atoms with Crippen molar-refractivity contribution in [1.82, 2.24) is 60.6 Å². The smallest absolute Gasteiger partial charge is 0.488 e. The number of likely N-dealkylation sites (tertiary alicyclic amines) is 3. The SMILES string of the molecule is C.C.C.C.CC.COC(=O)N[C@H](C(=O)N1C[C@@H](C)C[C@H]1c1ncc(Br)[nH]1)C(C)C.COC(=O)N[C@H](C(=O)N1[C@@H](C)CC[C@H]1c1nc2c(ccc3cc4c(cc32)OCc2cc(B3OC(C)(C)C(C)(C)O3)ccc2-4)[nH]1)C(C)C.COC(=O)N[C@H](C(=O)N1[C@@H](C)CC[C@H]1c1nc2c(ccc3cc4c(cc32)OCc2cc(Cl)ccc2-4)[nH]1)C(C)C. The molecule has 622 valence electrons. The third-order valence-electron chi connectivity index (χ3n) is 22.6. The number of ether oxygens (including phenoxy) is 5. The number of carbonyl (C=O) groups excluding carboxylic acids is 6. The molecule has 28 heteroatoms. The Morgan fingerprint density at radius 2 is 0.974 bits per heavy atom. The maximum atomic E-state index is 13.9. The normalized spacial score (nSPS) is 19.9. The molecule has 115 heavy (non-hydrogen) atoms. The second-order valence-electron chi connectivity index (χ2n) is 31.6. The molecule has 6 N–H and O–H groups in total. The molecule has 4 fully saturated rings. The zero-order valence-corrected chi connectivity index (χ0v) is 68.9. The first-order chi connectivity index (χ1) is 52.8. The van der Waals surface area contributed by atoms with Gasteiger partial charge in [0.05, 0.1) is 78.9 Å². The first kappa shape index (κ1) is 91.1. The third-order valence-corrected chi connectivity index (χ3v) is 23.2. The lowest BCUT2D eigenvalue weighted by Gasteiger charge is -2.32. The number of aromatic nitrogens is 6. The predicted octanol–water partition coefficient (Wildman–Crippen LogP) is 18.4. The molecule has 3 aromatic heterocycles. The molecule has 6 amide bonds. The van der Waals surface area contributed by atoms with Gasteiger partial charge in [-0.15, -0.1) is 0 Å². The number of nitrogens with one attached hydrogen (secondary N) is 6. The van der Waals surface area contributed by atoms with Crippen molar-refractivity contribution in [2.75, 3.05) is 27.9 Å². The summed E-state index contributed by atoms with van der Waals surface area (Å²) < 4.78 is 40.1. The van der Waals surface area contributed by atoms with Crippen LogP contribution in [0.4, 0.5) is 14.4 Å². The average molecular weight is 1670 g/mol. The van der Waals surface area contributed by atoms with E-state index >= 15 is 0 Å². The highest BCUT2D eigenvalue weighted by molar-refractivity contribution is 9.10. The summed E-state index contributed by atoms with van der Waals surface area (Å²) in [5.74, 6) is 3.63. The number of hydrogen-bond acceptors (Lipinski definition) is 16. The first-order valence-corrected chi connectivity index (χ1v) is 39.7. The summed E-state index contributed by atoms with van der Waals surface area (Å²) in [5.41, 5.74) is 10.1. The van der Waals surface area contributed by atoms with E-state index in [0.29, 0.717) is 30.7 Å². The minimum absolute atomic E-state index is 0. The molecule has 9 aromatic rings. The molecule has 6 aromatic carbocycles. The Morgan fingerprint density at radius 1 is 0.548 bits per heavy atom. The van der Waals surface area contributed by atoms with Crippen LogP contribution >= 0.6 is 27.5 Å². The van der Waals surface area contributed by atoms with Crippen LogP contribution in [0.5, 0.6) is 11.5 Å². The quantitative estimate of drug-likeness (QED) is 0.0462. The second kappa shape index (κ2) is 37.2. The predicted molar refractivity (Wildman–Crippen MR) is 459 cm³/mol. The van der Waals surface area contributed by atoms with Gasteiger partial charge in [0.25, 0.3) is 0 Å². The largest absolute Gasteiger partial charge is 0.494 e. The van der Waals surface area contributed by atoms with Crippen molar-refractivity contribution < 1.29 is 61.8 Å². The fourth-order valence-electron chi connectivity index (χ4n) is 15.9. The van der Waals surface area contributed by atoms with Crippen molar-refractivity contribution in [3.05, 3.63) is 129 Å². The van der Waals surface area contributed by atoms with Gasteiger partial charge in [-0.1, -0.05) is 140 Å². The molecule has 0 saturated carbocycles.